The SMILES string of the molecule is CCCC1CCC(N)(C2CCOC3(CCOC3)C2)CC1. The Balaban J connectivity index is 1.60. The summed E-state index contributed by atoms with van der Waals surface area (Å²) in [5, 5.41) is 0. The average Bonchev–Trinajstić information content (AvgIpc) is 2.90. The zero-order chi connectivity index (χ0) is 14.1. The van der Waals surface area contributed by atoms with Crippen LogP contribution in [0.25, 0.3) is 0 Å². The lowest BCUT2D eigenvalue weighted by molar-refractivity contribution is -0.113. The average molecular weight is 281 g/mol. The van der Waals surface area contributed by atoms with Crippen LogP contribution in [0.3, 0.4) is 0 Å². The van der Waals surface area contributed by atoms with Crippen molar-refractivity contribution in [2.75, 3.05) is 19.8 Å². The smallest absolute Gasteiger partial charge is 0.0940 e. The molecule has 0 bridgehead atoms. The lowest BCUT2D eigenvalue weighted by Crippen LogP contribution is -2.55. The molecule has 0 aromatic rings. The Morgan fingerprint density at radius 1 is 1.10 bits per heavy atom. The van der Waals surface area contributed by atoms with Gasteiger partial charge >= 0.3 is 0 Å². The summed E-state index contributed by atoms with van der Waals surface area (Å²) < 4.78 is 11.7. The van der Waals surface area contributed by atoms with Crippen LogP contribution in [0, 0.1) is 11.8 Å². The highest BCUT2D eigenvalue weighted by atomic mass is 16.6. The van der Waals surface area contributed by atoms with Gasteiger partial charge in [-0.25, -0.2) is 0 Å². The van der Waals surface area contributed by atoms with Crippen LogP contribution in [0.5, 0.6) is 0 Å². The van der Waals surface area contributed by atoms with Gasteiger partial charge in [0.2, 0.25) is 0 Å². The van der Waals surface area contributed by atoms with E-state index in [9.17, 15) is 0 Å². The maximum Gasteiger partial charge on any atom is 0.0940 e. The highest BCUT2D eigenvalue weighted by Gasteiger charge is 2.47. The molecule has 0 amide bonds. The van der Waals surface area contributed by atoms with Gasteiger partial charge in [-0.2, -0.15) is 0 Å². The van der Waals surface area contributed by atoms with Crippen LogP contribution in [0.4, 0.5) is 0 Å². The van der Waals surface area contributed by atoms with Crippen molar-refractivity contribution in [3.05, 3.63) is 0 Å². The van der Waals surface area contributed by atoms with Gasteiger partial charge in [-0.1, -0.05) is 19.8 Å². The van der Waals surface area contributed by atoms with Gasteiger partial charge in [0, 0.05) is 25.2 Å². The fourth-order valence-corrected chi connectivity index (χ4v) is 4.70. The van der Waals surface area contributed by atoms with Gasteiger partial charge in [0.05, 0.1) is 12.2 Å². The van der Waals surface area contributed by atoms with Crippen molar-refractivity contribution < 1.29 is 9.47 Å². The molecule has 20 heavy (non-hydrogen) atoms. The Kier molecular flexibility index (Phi) is 4.40. The summed E-state index contributed by atoms with van der Waals surface area (Å²) in [6.07, 6.45) is 11.2. The van der Waals surface area contributed by atoms with Crippen LogP contribution in [-0.2, 0) is 9.47 Å². The van der Waals surface area contributed by atoms with Gasteiger partial charge in [0.15, 0.2) is 0 Å². The molecule has 2 atom stereocenters. The molecule has 2 saturated heterocycles. The van der Waals surface area contributed by atoms with E-state index in [-0.39, 0.29) is 11.1 Å². The molecule has 0 aromatic heterocycles. The van der Waals surface area contributed by atoms with Crippen LogP contribution < -0.4 is 5.73 Å². The third kappa shape index (κ3) is 2.90. The summed E-state index contributed by atoms with van der Waals surface area (Å²) in [4.78, 5) is 0. The predicted octanol–water partition coefficient (Wildman–Crippen LogP) is 3.26. The Morgan fingerprint density at radius 3 is 2.55 bits per heavy atom. The lowest BCUT2D eigenvalue weighted by Gasteiger charge is -2.48. The van der Waals surface area contributed by atoms with Crippen molar-refractivity contribution >= 4 is 0 Å². The molecule has 2 heterocycles. The van der Waals surface area contributed by atoms with Crippen LogP contribution in [0.15, 0.2) is 0 Å². The largest absolute Gasteiger partial charge is 0.378 e. The highest BCUT2D eigenvalue weighted by molar-refractivity contribution is 5.01. The second-order valence-corrected chi connectivity index (χ2v) is 7.49. The number of hydrogen-bond acceptors (Lipinski definition) is 3. The molecule has 1 saturated carbocycles. The molecule has 3 aliphatic rings. The summed E-state index contributed by atoms with van der Waals surface area (Å²) in [5.74, 6) is 1.57. The molecule has 3 heteroatoms. The zero-order valence-electron chi connectivity index (χ0n) is 13.0. The molecule has 3 fully saturated rings. The molecule has 0 aromatic carbocycles. The third-order valence-corrected chi connectivity index (χ3v) is 6.11. The standard InChI is InChI=1S/C17H31NO2/c1-2-3-14-4-7-17(18,8-5-14)15-6-10-20-16(12-15)9-11-19-13-16/h14-15H,2-13,18H2,1H3. The molecule has 2 N–H and O–H groups in total. The summed E-state index contributed by atoms with van der Waals surface area (Å²) in [6, 6.07) is 0. The minimum Gasteiger partial charge on any atom is -0.378 e. The molecule has 2 aliphatic heterocycles. The van der Waals surface area contributed by atoms with Crippen molar-refractivity contribution in [3.8, 4) is 0 Å². The van der Waals surface area contributed by atoms with Crippen molar-refractivity contribution in [3.63, 3.8) is 0 Å². The lowest BCUT2D eigenvalue weighted by atomic mass is 9.65. The zero-order valence-corrected chi connectivity index (χ0v) is 13.0. The van der Waals surface area contributed by atoms with E-state index in [1.807, 2.05) is 0 Å². The van der Waals surface area contributed by atoms with Gasteiger partial charge in [-0.3, -0.25) is 0 Å². The van der Waals surface area contributed by atoms with Crippen LogP contribution in [-0.4, -0.2) is 31.0 Å². The topological polar surface area (TPSA) is 44.5 Å². The Morgan fingerprint density at radius 2 is 1.90 bits per heavy atom. The minimum atomic E-state index is 0.00948. The van der Waals surface area contributed by atoms with E-state index >= 15 is 0 Å². The van der Waals surface area contributed by atoms with Gasteiger partial charge in [-0.15, -0.1) is 0 Å². The fraction of sp³-hybridized carbons (Fsp3) is 1.00. The molecule has 1 aliphatic carbocycles. The van der Waals surface area contributed by atoms with E-state index in [2.05, 4.69) is 6.92 Å². The number of nitrogens with two attached hydrogens (primary N) is 1. The van der Waals surface area contributed by atoms with E-state index in [1.165, 1.54) is 38.5 Å². The van der Waals surface area contributed by atoms with E-state index < -0.39 is 0 Å². The maximum absolute atomic E-state index is 6.85. The first-order chi connectivity index (χ1) is 9.66. The predicted molar refractivity (Wildman–Crippen MR) is 80.6 cm³/mol. The Labute approximate surface area is 123 Å². The van der Waals surface area contributed by atoms with Crippen molar-refractivity contribution in [1.29, 1.82) is 0 Å². The van der Waals surface area contributed by atoms with Crippen molar-refractivity contribution in [2.24, 2.45) is 17.6 Å². The third-order valence-electron chi connectivity index (χ3n) is 6.11. The molecule has 1 spiro atoms. The molecule has 3 nitrogen and oxygen atoms in total. The first-order valence-corrected chi connectivity index (χ1v) is 8.66. The van der Waals surface area contributed by atoms with E-state index in [0.29, 0.717) is 5.92 Å². The summed E-state index contributed by atoms with van der Waals surface area (Å²) in [5.41, 5.74) is 6.93. The number of ether oxygens (including phenoxy) is 2. The van der Waals surface area contributed by atoms with E-state index in [1.54, 1.807) is 0 Å². The first-order valence-electron chi connectivity index (χ1n) is 8.66. The highest BCUT2D eigenvalue weighted by Crippen LogP contribution is 2.45. The van der Waals surface area contributed by atoms with Gasteiger partial charge in [-0.05, 0) is 50.4 Å². The van der Waals surface area contributed by atoms with Gasteiger partial charge in [0.1, 0.15) is 0 Å². The molecule has 3 rings (SSSR count). The monoisotopic (exact) mass is 281 g/mol. The minimum absolute atomic E-state index is 0.00948. The number of hydrogen-bond donors (Lipinski definition) is 1. The van der Waals surface area contributed by atoms with Crippen LogP contribution in [0.2, 0.25) is 0 Å². The van der Waals surface area contributed by atoms with Crippen molar-refractivity contribution in [1.82, 2.24) is 0 Å². The molecule has 0 radical (unpaired) electrons. The summed E-state index contributed by atoms with van der Waals surface area (Å²) >= 11 is 0. The normalized spacial score (nSPS) is 45.9. The summed E-state index contributed by atoms with van der Waals surface area (Å²) in [6.45, 7) is 4.83. The van der Waals surface area contributed by atoms with Gasteiger partial charge < -0.3 is 15.2 Å². The molecular weight excluding hydrogens is 250 g/mol. The fourth-order valence-electron chi connectivity index (χ4n) is 4.70. The second-order valence-electron chi connectivity index (χ2n) is 7.49. The Hall–Kier alpha value is -0.120. The van der Waals surface area contributed by atoms with Crippen molar-refractivity contribution in [2.45, 2.75) is 75.9 Å². The van der Waals surface area contributed by atoms with E-state index in [0.717, 1.165) is 45.0 Å². The number of rotatable bonds is 3. The van der Waals surface area contributed by atoms with E-state index in [4.69, 9.17) is 15.2 Å². The second kappa shape index (κ2) is 5.94. The van der Waals surface area contributed by atoms with Crippen LogP contribution in [0.1, 0.15) is 64.7 Å². The summed E-state index contributed by atoms with van der Waals surface area (Å²) in [7, 11) is 0. The molecule has 2 unspecified atom stereocenters. The van der Waals surface area contributed by atoms with Gasteiger partial charge in [0.25, 0.3) is 0 Å². The first kappa shape index (κ1) is 14.8. The maximum atomic E-state index is 6.85. The molecule has 116 valence electrons. The van der Waals surface area contributed by atoms with Crippen LogP contribution >= 0.6 is 0 Å². The molecular formula is C17H31NO2. The quantitative estimate of drug-likeness (QED) is 0.863. The Bertz CT molecular complexity index is 317.